The molecule has 1 amide bonds. The van der Waals surface area contributed by atoms with E-state index < -0.39 is 5.54 Å². The summed E-state index contributed by atoms with van der Waals surface area (Å²) in [6.45, 7) is 3.66. The first-order valence-corrected chi connectivity index (χ1v) is 8.11. The number of hydrogen-bond donors (Lipinski definition) is 1. The molecule has 1 fully saturated rings. The van der Waals surface area contributed by atoms with E-state index in [1.54, 1.807) is 11.9 Å². The Labute approximate surface area is 129 Å². The third kappa shape index (κ3) is 3.38. The van der Waals surface area contributed by atoms with E-state index in [-0.39, 0.29) is 11.2 Å². The molecule has 1 aliphatic rings. The summed E-state index contributed by atoms with van der Waals surface area (Å²) in [4.78, 5) is 18.5. The Morgan fingerprint density at radius 1 is 1.48 bits per heavy atom. The summed E-state index contributed by atoms with van der Waals surface area (Å²) in [5.41, 5.74) is -0.640. The number of aryl methyl sites for hydroxylation is 1. The number of nitrogens with zero attached hydrogens (tertiary/aromatic N) is 4. The minimum Gasteiger partial charge on any atom is -0.326 e. The Morgan fingerprint density at radius 3 is 2.67 bits per heavy atom. The number of rotatable bonds is 4. The van der Waals surface area contributed by atoms with Crippen LogP contribution in [0.4, 0.5) is 0 Å². The lowest BCUT2D eigenvalue weighted by Gasteiger charge is -2.39. The molecule has 0 aliphatic heterocycles. The predicted molar refractivity (Wildman–Crippen MR) is 80.6 cm³/mol. The van der Waals surface area contributed by atoms with Crippen LogP contribution in [0.3, 0.4) is 0 Å². The molecule has 0 radical (unpaired) electrons. The second-order valence-electron chi connectivity index (χ2n) is 5.56. The highest BCUT2D eigenvalue weighted by Crippen LogP contribution is 2.34. The maximum absolute atomic E-state index is 12.6. The Balaban J connectivity index is 2.05. The molecule has 114 valence electrons. The summed E-state index contributed by atoms with van der Waals surface area (Å²) in [6, 6.07) is 2.38. The van der Waals surface area contributed by atoms with Crippen LogP contribution in [0.5, 0.6) is 0 Å². The molecule has 21 heavy (non-hydrogen) atoms. The monoisotopic (exact) mass is 307 g/mol. The molecule has 1 atom stereocenters. The van der Waals surface area contributed by atoms with Crippen molar-refractivity contribution < 1.29 is 4.79 Å². The summed E-state index contributed by atoms with van der Waals surface area (Å²) in [7, 11) is 1.75. The molecule has 7 heteroatoms. The summed E-state index contributed by atoms with van der Waals surface area (Å²) < 4.78 is 0. The van der Waals surface area contributed by atoms with Crippen molar-refractivity contribution in [3.8, 4) is 6.07 Å². The van der Waals surface area contributed by atoms with Crippen LogP contribution in [0, 0.1) is 18.3 Å². The number of hydrogen-bond acceptors (Lipinski definition) is 5. The maximum Gasteiger partial charge on any atom is 0.236 e. The SMILES string of the molecule is Cc1nc(SC(C)C(=O)N(C)C2(C#N)CCCCC2)n[nH]1. The molecule has 0 saturated heterocycles. The van der Waals surface area contributed by atoms with Gasteiger partial charge in [-0.2, -0.15) is 5.26 Å². The van der Waals surface area contributed by atoms with E-state index in [2.05, 4.69) is 21.3 Å². The first-order chi connectivity index (χ1) is 9.98. The second-order valence-corrected chi connectivity index (χ2v) is 6.87. The average Bonchev–Trinajstić information content (AvgIpc) is 2.91. The van der Waals surface area contributed by atoms with E-state index in [4.69, 9.17) is 0 Å². The van der Waals surface area contributed by atoms with E-state index in [0.717, 1.165) is 37.9 Å². The number of H-pyrrole nitrogens is 1. The van der Waals surface area contributed by atoms with Crippen molar-refractivity contribution in [1.82, 2.24) is 20.1 Å². The highest BCUT2D eigenvalue weighted by atomic mass is 32.2. The lowest BCUT2D eigenvalue weighted by molar-refractivity contribution is -0.133. The molecule has 1 unspecified atom stereocenters. The van der Waals surface area contributed by atoms with Crippen molar-refractivity contribution in [2.24, 2.45) is 0 Å². The van der Waals surface area contributed by atoms with Crippen molar-refractivity contribution in [2.75, 3.05) is 7.05 Å². The number of carbonyl (C=O) groups is 1. The van der Waals surface area contributed by atoms with Crippen LogP contribution in [0.1, 0.15) is 44.9 Å². The largest absolute Gasteiger partial charge is 0.326 e. The van der Waals surface area contributed by atoms with Gasteiger partial charge in [-0.15, -0.1) is 5.10 Å². The van der Waals surface area contributed by atoms with Gasteiger partial charge >= 0.3 is 0 Å². The normalized spacial score (nSPS) is 18.8. The van der Waals surface area contributed by atoms with Gasteiger partial charge in [0.05, 0.1) is 11.3 Å². The van der Waals surface area contributed by atoms with Crippen molar-refractivity contribution in [3.05, 3.63) is 5.82 Å². The van der Waals surface area contributed by atoms with Gasteiger partial charge in [-0.05, 0) is 26.7 Å². The smallest absolute Gasteiger partial charge is 0.236 e. The number of carbonyl (C=O) groups excluding carboxylic acids is 1. The second kappa shape index (κ2) is 6.48. The fraction of sp³-hybridized carbons (Fsp3) is 0.714. The number of aromatic nitrogens is 3. The fourth-order valence-corrected chi connectivity index (χ4v) is 3.59. The highest BCUT2D eigenvalue weighted by Gasteiger charge is 2.40. The number of aromatic amines is 1. The van der Waals surface area contributed by atoms with E-state index in [1.165, 1.54) is 11.8 Å². The summed E-state index contributed by atoms with van der Waals surface area (Å²) in [5, 5.41) is 16.6. The van der Waals surface area contributed by atoms with Crippen LogP contribution in [0.25, 0.3) is 0 Å². The van der Waals surface area contributed by atoms with Crippen LogP contribution >= 0.6 is 11.8 Å². The molecule has 1 aliphatic carbocycles. The van der Waals surface area contributed by atoms with Gasteiger partial charge in [-0.3, -0.25) is 9.89 Å². The van der Waals surface area contributed by atoms with Gasteiger partial charge in [0, 0.05) is 7.05 Å². The zero-order chi connectivity index (χ0) is 15.5. The molecular weight excluding hydrogens is 286 g/mol. The summed E-state index contributed by atoms with van der Waals surface area (Å²) in [6.07, 6.45) is 4.69. The Kier molecular flexibility index (Phi) is 4.88. The van der Waals surface area contributed by atoms with Crippen LogP contribution in [0.2, 0.25) is 0 Å². The Bertz CT molecular complexity index is 544. The molecule has 1 heterocycles. The molecule has 1 aromatic rings. The van der Waals surface area contributed by atoms with Crippen molar-refractivity contribution in [3.63, 3.8) is 0 Å². The van der Waals surface area contributed by atoms with Gasteiger partial charge in [0.1, 0.15) is 11.4 Å². The Morgan fingerprint density at radius 2 is 2.14 bits per heavy atom. The molecule has 2 rings (SSSR count). The molecule has 1 saturated carbocycles. The quantitative estimate of drug-likeness (QED) is 0.862. The van der Waals surface area contributed by atoms with Gasteiger partial charge in [0.15, 0.2) is 0 Å². The van der Waals surface area contributed by atoms with Crippen LogP contribution in [0.15, 0.2) is 5.16 Å². The van der Waals surface area contributed by atoms with Gasteiger partial charge in [-0.25, -0.2) is 4.98 Å². The fourth-order valence-electron chi connectivity index (χ4n) is 2.73. The zero-order valence-corrected chi connectivity index (χ0v) is 13.5. The van der Waals surface area contributed by atoms with Crippen LogP contribution < -0.4 is 0 Å². The first kappa shape index (κ1) is 15.8. The van der Waals surface area contributed by atoms with Crippen molar-refractivity contribution in [2.45, 2.75) is 61.9 Å². The van der Waals surface area contributed by atoms with E-state index in [0.29, 0.717) is 5.16 Å². The third-order valence-electron chi connectivity index (χ3n) is 4.07. The number of amides is 1. The minimum atomic E-state index is -0.640. The maximum atomic E-state index is 12.6. The average molecular weight is 307 g/mol. The Hall–Kier alpha value is -1.55. The lowest BCUT2D eigenvalue weighted by atomic mass is 9.81. The predicted octanol–water partition coefficient (Wildman–Crippen LogP) is 2.28. The van der Waals surface area contributed by atoms with E-state index in [9.17, 15) is 10.1 Å². The lowest BCUT2D eigenvalue weighted by Crippen LogP contribution is -2.52. The molecule has 6 nitrogen and oxygen atoms in total. The van der Waals surface area contributed by atoms with Crippen LogP contribution in [-0.4, -0.2) is 43.8 Å². The molecule has 0 aromatic carbocycles. The summed E-state index contributed by atoms with van der Waals surface area (Å²) in [5.74, 6) is 0.692. The zero-order valence-electron chi connectivity index (χ0n) is 12.7. The molecule has 0 spiro atoms. The highest BCUT2D eigenvalue weighted by molar-refractivity contribution is 8.00. The number of thioether (sulfide) groups is 1. The van der Waals surface area contributed by atoms with Gasteiger partial charge in [0.2, 0.25) is 11.1 Å². The number of nitrogens with one attached hydrogen (secondary N) is 1. The standard InChI is InChI=1S/C14H21N5OS/c1-10(21-13-16-11(2)17-18-13)12(20)19(3)14(9-15)7-5-4-6-8-14/h10H,4-8H2,1-3H3,(H,16,17,18). The number of nitriles is 1. The van der Waals surface area contributed by atoms with Crippen LogP contribution in [-0.2, 0) is 4.79 Å². The van der Waals surface area contributed by atoms with Gasteiger partial charge in [-0.1, -0.05) is 31.0 Å². The molecule has 1 aromatic heterocycles. The first-order valence-electron chi connectivity index (χ1n) is 7.23. The molecule has 0 bridgehead atoms. The van der Waals surface area contributed by atoms with Crippen molar-refractivity contribution >= 4 is 17.7 Å². The van der Waals surface area contributed by atoms with E-state index >= 15 is 0 Å². The van der Waals surface area contributed by atoms with E-state index in [1.807, 2.05) is 13.8 Å². The topological polar surface area (TPSA) is 85.7 Å². The van der Waals surface area contributed by atoms with Crippen molar-refractivity contribution in [1.29, 1.82) is 5.26 Å². The molecule has 1 N–H and O–H groups in total. The minimum absolute atomic E-state index is 0.0362. The van der Waals surface area contributed by atoms with Gasteiger partial charge < -0.3 is 4.90 Å². The third-order valence-corrected chi connectivity index (χ3v) is 5.02. The molecular formula is C14H21N5OS. The summed E-state index contributed by atoms with van der Waals surface area (Å²) >= 11 is 1.32. The van der Waals surface area contributed by atoms with Gasteiger partial charge in [0.25, 0.3) is 0 Å².